The molecule has 34 heavy (non-hydrogen) atoms. The monoisotopic (exact) mass is 532 g/mol. The maximum atomic E-state index is 10.4. The molecule has 1 aromatic rings. The Hall–Kier alpha value is 0. The van der Waals surface area contributed by atoms with Crippen LogP contribution in [0.15, 0.2) is 35.2 Å². The molecular weight excluding hydrogens is 487 g/mol. The van der Waals surface area contributed by atoms with Crippen LogP contribution in [0.3, 0.4) is 0 Å². The Morgan fingerprint density at radius 3 is 1.29 bits per heavy atom. The van der Waals surface area contributed by atoms with Crippen LogP contribution < -0.4 is 29.6 Å². The zero-order valence-electron chi connectivity index (χ0n) is 22.2. The third kappa shape index (κ3) is 26.6. The van der Waals surface area contributed by atoms with E-state index in [0.29, 0.717) is 6.42 Å². The first kappa shape index (κ1) is 36.2. The summed E-state index contributed by atoms with van der Waals surface area (Å²) in [6.07, 6.45) is 20.5. The van der Waals surface area contributed by atoms with Gasteiger partial charge in [-0.25, -0.2) is 4.18 Å². The molecule has 0 aliphatic rings. The smallest absolute Gasteiger partial charge is 1.00 e. The van der Waals surface area contributed by atoms with Gasteiger partial charge in [0.25, 0.3) is 10.1 Å². The van der Waals surface area contributed by atoms with Crippen molar-refractivity contribution in [1.82, 2.24) is 0 Å². The first-order valence-corrected chi connectivity index (χ1v) is 15.1. The molecule has 0 spiro atoms. The molecule has 0 aliphatic carbocycles. The summed E-state index contributed by atoms with van der Waals surface area (Å²) in [4.78, 5) is -0.0741. The van der Waals surface area contributed by atoms with Gasteiger partial charge in [-0.1, -0.05) is 121 Å². The Kier molecular flexibility index (Phi) is 24.9. The molecule has 0 saturated heterocycles. The standard InChI is InChI=1S/C18H38O4S.C6H6O3S.Na.H/c1-2-3-4-5-6-7-8-9-10-11-12-13-14-15-16-17-18-22-23(19,20)21;7-10(8,9)6-4-2-1-3-5-6;;/h2-18H2,1H3,(H,19,20,21);1-5H,(H,7,8,9);;/q;;+1;-1. The molecule has 0 radical (unpaired) electrons. The molecule has 0 heterocycles. The third-order valence-electron chi connectivity index (χ3n) is 5.27. The quantitative estimate of drug-likeness (QED) is 0.156. The summed E-state index contributed by atoms with van der Waals surface area (Å²) < 4.78 is 62.6. The van der Waals surface area contributed by atoms with Gasteiger partial charge in [0.05, 0.1) is 11.5 Å². The molecule has 0 atom stereocenters. The second-order valence-electron chi connectivity index (χ2n) is 8.34. The van der Waals surface area contributed by atoms with Crippen molar-refractivity contribution in [2.24, 2.45) is 0 Å². The van der Waals surface area contributed by atoms with Gasteiger partial charge in [0, 0.05) is 0 Å². The largest absolute Gasteiger partial charge is 1.00 e. The van der Waals surface area contributed by atoms with Crippen molar-refractivity contribution in [3.8, 4) is 0 Å². The Bertz CT molecular complexity index is 776. The van der Waals surface area contributed by atoms with Crippen molar-refractivity contribution < 1.29 is 61.1 Å². The van der Waals surface area contributed by atoms with Crippen LogP contribution in [0.25, 0.3) is 0 Å². The molecule has 2 N–H and O–H groups in total. The topological polar surface area (TPSA) is 118 Å². The predicted molar refractivity (Wildman–Crippen MR) is 134 cm³/mol. The van der Waals surface area contributed by atoms with E-state index in [4.69, 9.17) is 9.11 Å². The Balaban J connectivity index is -0.000000715. The van der Waals surface area contributed by atoms with Gasteiger partial charge in [-0.3, -0.25) is 9.11 Å². The first-order valence-electron chi connectivity index (χ1n) is 12.3. The number of rotatable bonds is 19. The van der Waals surface area contributed by atoms with Crippen LogP contribution in [0.5, 0.6) is 0 Å². The summed E-state index contributed by atoms with van der Waals surface area (Å²) in [7, 11) is -8.25. The molecule has 10 heteroatoms. The number of unbranched alkanes of at least 4 members (excludes halogenated alkanes) is 15. The molecule has 1 aromatic carbocycles. The summed E-state index contributed by atoms with van der Waals surface area (Å²) in [5, 5.41) is 0. The van der Waals surface area contributed by atoms with Gasteiger partial charge in [-0.2, -0.15) is 16.8 Å². The van der Waals surface area contributed by atoms with Crippen LogP contribution in [0.4, 0.5) is 0 Å². The Morgan fingerprint density at radius 1 is 0.647 bits per heavy atom. The van der Waals surface area contributed by atoms with E-state index in [1.807, 2.05) is 0 Å². The van der Waals surface area contributed by atoms with Crippen LogP contribution in [-0.2, 0) is 24.7 Å². The molecule has 0 amide bonds. The van der Waals surface area contributed by atoms with Gasteiger partial charge in [-0.05, 0) is 18.6 Å². The second-order valence-corrected chi connectivity index (χ2v) is 10.9. The summed E-state index contributed by atoms with van der Waals surface area (Å²) in [6.45, 7) is 2.36. The molecule has 7 nitrogen and oxygen atoms in total. The minimum absolute atomic E-state index is 0. The minimum Gasteiger partial charge on any atom is -1.00 e. The molecule has 0 fully saturated rings. The molecule has 0 saturated carbocycles. The van der Waals surface area contributed by atoms with Crippen molar-refractivity contribution in [1.29, 1.82) is 0 Å². The van der Waals surface area contributed by atoms with E-state index in [2.05, 4.69) is 11.1 Å². The first-order chi connectivity index (χ1) is 15.7. The van der Waals surface area contributed by atoms with Gasteiger partial charge < -0.3 is 1.43 Å². The van der Waals surface area contributed by atoms with E-state index in [9.17, 15) is 16.8 Å². The van der Waals surface area contributed by atoms with Crippen LogP contribution in [-0.4, -0.2) is 32.5 Å². The minimum atomic E-state index is -4.24. The second kappa shape index (κ2) is 23.4. The van der Waals surface area contributed by atoms with Crippen LogP contribution in [0, 0.1) is 0 Å². The summed E-state index contributed by atoms with van der Waals surface area (Å²) >= 11 is 0. The molecular formula is C24H45NaO7S2. The molecule has 0 aliphatic heterocycles. The van der Waals surface area contributed by atoms with E-state index < -0.39 is 20.5 Å². The van der Waals surface area contributed by atoms with Crippen LogP contribution >= 0.6 is 0 Å². The number of hydrogen-bond donors (Lipinski definition) is 2. The fourth-order valence-corrected chi connectivity index (χ4v) is 4.24. The van der Waals surface area contributed by atoms with Crippen molar-refractivity contribution in [3.63, 3.8) is 0 Å². The van der Waals surface area contributed by atoms with E-state index in [1.165, 1.54) is 95.6 Å². The summed E-state index contributed by atoms with van der Waals surface area (Å²) in [6, 6.07) is 7.42. The Labute approximate surface area is 231 Å². The number of benzene rings is 1. The van der Waals surface area contributed by atoms with Gasteiger partial charge in [-0.15, -0.1) is 0 Å². The van der Waals surface area contributed by atoms with E-state index in [-0.39, 0.29) is 42.5 Å². The zero-order chi connectivity index (χ0) is 24.8. The predicted octanol–water partition coefficient (Wildman–Crippen LogP) is 4.12. The van der Waals surface area contributed by atoms with E-state index >= 15 is 0 Å². The molecule has 1 rings (SSSR count). The average Bonchev–Trinajstić information content (AvgIpc) is 2.76. The molecule has 0 bridgehead atoms. The van der Waals surface area contributed by atoms with Crippen molar-refractivity contribution in [3.05, 3.63) is 30.3 Å². The van der Waals surface area contributed by atoms with Gasteiger partial charge in [0.1, 0.15) is 0 Å². The van der Waals surface area contributed by atoms with Gasteiger partial charge in [0.2, 0.25) is 0 Å². The molecule has 0 unspecified atom stereocenters. The summed E-state index contributed by atoms with van der Waals surface area (Å²) in [5.74, 6) is 0. The van der Waals surface area contributed by atoms with E-state index in [0.717, 1.165) is 12.8 Å². The molecule has 196 valence electrons. The number of hydrogen-bond acceptors (Lipinski definition) is 5. The third-order valence-corrected chi connectivity index (χ3v) is 6.60. The molecule has 0 aromatic heterocycles. The van der Waals surface area contributed by atoms with E-state index in [1.54, 1.807) is 18.2 Å². The fourth-order valence-electron chi connectivity index (χ4n) is 3.41. The van der Waals surface area contributed by atoms with Crippen molar-refractivity contribution >= 4 is 20.5 Å². The van der Waals surface area contributed by atoms with Gasteiger partial charge >= 0.3 is 40.0 Å². The zero-order valence-corrected chi connectivity index (χ0v) is 24.8. The average molecular weight is 533 g/mol. The summed E-state index contributed by atoms with van der Waals surface area (Å²) in [5.41, 5.74) is 0. The van der Waals surface area contributed by atoms with Crippen LogP contribution in [0.2, 0.25) is 0 Å². The normalized spacial score (nSPS) is 11.4. The van der Waals surface area contributed by atoms with Crippen molar-refractivity contribution in [2.75, 3.05) is 6.61 Å². The van der Waals surface area contributed by atoms with Crippen LogP contribution in [0.1, 0.15) is 111 Å². The van der Waals surface area contributed by atoms with Crippen molar-refractivity contribution in [2.45, 2.75) is 115 Å². The van der Waals surface area contributed by atoms with Gasteiger partial charge in [0.15, 0.2) is 0 Å². The maximum Gasteiger partial charge on any atom is 1.00 e. The maximum absolute atomic E-state index is 10.4. The SMILES string of the molecule is CCCCCCCCCCCCCCCCCCOS(=O)(=O)O.O=S(=O)(O)c1ccccc1.[H-].[Na+]. The Morgan fingerprint density at radius 2 is 1.00 bits per heavy atom. The fraction of sp³-hybridized carbons (Fsp3) is 0.750.